The van der Waals surface area contributed by atoms with E-state index in [1.54, 1.807) is 0 Å². The van der Waals surface area contributed by atoms with Crippen molar-refractivity contribution in [2.75, 3.05) is 5.32 Å². The smallest absolute Gasteiger partial charge is 0.300 e. The van der Waals surface area contributed by atoms with E-state index in [0.29, 0.717) is 0 Å². The highest BCUT2D eigenvalue weighted by molar-refractivity contribution is 6.43. The summed E-state index contributed by atoms with van der Waals surface area (Å²) in [5, 5.41) is 13.0. The van der Waals surface area contributed by atoms with Crippen LogP contribution in [0.4, 0.5) is 11.5 Å². The highest BCUT2D eigenvalue weighted by Crippen LogP contribution is 2.30. The largest absolute Gasteiger partial charge is 0.305 e. The molecule has 0 bridgehead atoms. The number of anilines is 1. The average Bonchev–Trinajstić information content (AvgIpc) is 2.43. The third kappa shape index (κ3) is 3.21. The number of hydrogen-bond acceptors (Lipinski definition) is 5. The van der Waals surface area contributed by atoms with Crippen LogP contribution >= 0.6 is 34.8 Å². The summed E-state index contributed by atoms with van der Waals surface area (Å²) in [5.41, 5.74) is -0.730. The zero-order chi connectivity index (χ0) is 15.6. The van der Waals surface area contributed by atoms with E-state index in [9.17, 15) is 14.9 Å². The van der Waals surface area contributed by atoms with Gasteiger partial charge in [0, 0.05) is 0 Å². The van der Waals surface area contributed by atoms with E-state index in [4.69, 9.17) is 34.8 Å². The van der Waals surface area contributed by atoms with Gasteiger partial charge in [0.1, 0.15) is 21.9 Å². The number of para-hydroxylation sites is 1. The molecule has 0 aliphatic carbocycles. The van der Waals surface area contributed by atoms with E-state index in [2.05, 4.69) is 15.3 Å². The number of benzene rings is 1. The zero-order valence-corrected chi connectivity index (χ0v) is 12.3. The van der Waals surface area contributed by atoms with Gasteiger partial charge in [0.15, 0.2) is 11.0 Å². The topological polar surface area (TPSA) is 98.0 Å². The molecule has 1 amide bonds. The van der Waals surface area contributed by atoms with Crippen molar-refractivity contribution in [1.29, 1.82) is 0 Å². The first kappa shape index (κ1) is 15.4. The van der Waals surface area contributed by atoms with E-state index in [1.807, 2.05) is 0 Å². The molecule has 0 aliphatic heterocycles. The molecule has 0 atom stereocenters. The lowest BCUT2D eigenvalue weighted by atomic mass is 10.1. The molecule has 10 heteroatoms. The Morgan fingerprint density at radius 3 is 2.62 bits per heavy atom. The second kappa shape index (κ2) is 6.21. The Balaban J connectivity index is 2.40. The van der Waals surface area contributed by atoms with Crippen molar-refractivity contribution in [2.45, 2.75) is 0 Å². The molecule has 1 aromatic carbocycles. The van der Waals surface area contributed by atoms with Gasteiger partial charge in [-0.15, -0.1) is 0 Å². The molecule has 1 N–H and O–H groups in total. The number of aromatic nitrogens is 2. The van der Waals surface area contributed by atoms with E-state index in [0.717, 1.165) is 6.33 Å². The van der Waals surface area contributed by atoms with Crippen molar-refractivity contribution >= 4 is 52.2 Å². The number of amides is 1. The van der Waals surface area contributed by atoms with Gasteiger partial charge in [0.2, 0.25) is 0 Å². The third-order valence-corrected chi connectivity index (χ3v) is 3.44. The predicted molar refractivity (Wildman–Crippen MR) is 78.1 cm³/mol. The minimum absolute atomic E-state index is 0.0532. The molecule has 0 saturated carbocycles. The van der Waals surface area contributed by atoms with Crippen molar-refractivity contribution in [2.24, 2.45) is 0 Å². The van der Waals surface area contributed by atoms with Crippen molar-refractivity contribution in [3.05, 3.63) is 55.4 Å². The standard InChI is InChI=1S/C11H5Cl3N4O3/c12-6-3-1-2-5(8(6)18(20)21)11(19)17-10-7(13)9(14)15-4-16-10/h1-4H,(H,15,16,17,19). The highest BCUT2D eigenvalue weighted by Gasteiger charge is 2.24. The van der Waals surface area contributed by atoms with Crippen LogP contribution in [0.1, 0.15) is 10.4 Å². The number of rotatable bonds is 3. The van der Waals surface area contributed by atoms with Crippen LogP contribution in [0, 0.1) is 10.1 Å². The SMILES string of the molecule is O=C(Nc1ncnc(Cl)c1Cl)c1cccc(Cl)c1[N+](=O)[O-]. The molecule has 0 spiro atoms. The number of nitrogens with zero attached hydrogens (tertiary/aromatic N) is 3. The van der Waals surface area contributed by atoms with E-state index < -0.39 is 16.5 Å². The number of nitro benzene ring substituents is 1. The summed E-state index contributed by atoms with van der Waals surface area (Å²) in [5.74, 6) is -0.850. The maximum atomic E-state index is 12.1. The first-order valence-electron chi connectivity index (χ1n) is 5.32. The zero-order valence-electron chi connectivity index (χ0n) is 10.0. The molecule has 21 heavy (non-hydrogen) atoms. The summed E-state index contributed by atoms with van der Waals surface area (Å²) in [6, 6.07) is 3.99. The van der Waals surface area contributed by atoms with Gasteiger partial charge in [0.05, 0.1) is 4.92 Å². The number of nitrogens with one attached hydrogen (secondary N) is 1. The third-order valence-electron chi connectivity index (χ3n) is 2.39. The molecule has 1 aromatic heterocycles. The molecule has 0 aliphatic rings. The van der Waals surface area contributed by atoms with Crippen LogP contribution in [0.5, 0.6) is 0 Å². The summed E-state index contributed by atoms with van der Waals surface area (Å²) in [4.78, 5) is 29.7. The summed E-state index contributed by atoms with van der Waals surface area (Å²) < 4.78 is 0. The van der Waals surface area contributed by atoms with Crippen LogP contribution in [-0.2, 0) is 0 Å². The maximum Gasteiger partial charge on any atom is 0.300 e. The second-order valence-electron chi connectivity index (χ2n) is 3.67. The fourth-order valence-electron chi connectivity index (χ4n) is 1.49. The minimum Gasteiger partial charge on any atom is -0.305 e. The molecule has 7 nitrogen and oxygen atoms in total. The quantitative estimate of drug-likeness (QED) is 0.519. The molecule has 0 unspecified atom stereocenters. The first-order chi connectivity index (χ1) is 9.91. The maximum absolute atomic E-state index is 12.1. The fraction of sp³-hybridized carbons (Fsp3) is 0. The van der Waals surface area contributed by atoms with Gasteiger partial charge in [-0.1, -0.05) is 40.9 Å². The Bertz CT molecular complexity index is 739. The predicted octanol–water partition coefficient (Wildman–Crippen LogP) is 3.60. The molecule has 0 saturated heterocycles. The Morgan fingerprint density at radius 2 is 1.95 bits per heavy atom. The second-order valence-corrected chi connectivity index (χ2v) is 4.82. The molecular weight excluding hydrogens is 343 g/mol. The average molecular weight is 348 g/mol. The molecule has 2 aromatic rings. The minimum atomic E-state index is -0.791. The Kier molecular flexibility index (Phi) is 4.56. The normalized spacial score (nSPS) is 10.2. The molecule has 1 heterocycles. The summed E-state index contributed by atoms with van der Waals surface area (Å²) in [7, 11) is 0. The van der Waals surface area contributed by atoms with Gasteiger partial charge in [-0.2, -0.15) is 0 Å². The van der Waals surface area contributed by atoms with Crippen molar-refractivity contribution in [3.63, 3.8) is 0 Å². The van der Waals surface area contributed by atoms with Crippen LogP contribution in [-0.4, -0.2) is 20.8 Å². The monoisotopic (exact) mass is 346 g/mol. The lowest BCUT2D eigenvalue weighted by molar-refractivity contribution is -0.385. The molecule has 0 radical (unpaired) electrons. The van der Waals surface area contributed by atoms with Crippen molar-refractivity contribution in [3.8, 4) is 0 Å². The molecule has 0 fully saturated rings. The van der Waals surface area contributed by atoms with E-state index >= 15 is 0 Å². The number of carbonyl (C=O) groups is 1. The van der Waals surface area contributed by atoms with Gasteiger partial charge in [-0.05, 0) is 12.1 Å². The highest BCUT2D eigenvalue weighted by atomic mass is 35.5. The number of carbonyl (C=O) groups excluding carboxylic acids is 1. The fourth-order valence-corrected chi connectivity index (χ4v) is 2.02. The van der Waals surface area contributed by atoms with Gasteiger partial charge in [-0.25, -0.2) is 9.97 Å². The van der Waals surface area contributed by atoms with Gasteiger partial charge in [0.25, 0.3) is 5.91 Å². The Labute approximate surface area is 133 Å². The molecule has 2 rings (SSSR count). The van der Waals surface area contributed by atoms with Crippen LogP contribution in [0.15, 0.2) is 24.5 Å². The number of nitro groups is 1. The summed E-state index contributed by atoms with van der Waals surface area (Å²) >= 11 is 17.2. The summed E-state index contributed by atoms with van der Waals surface area (Å²) in [6.45, 7) is 0. The van der Waals surface area contributed by atoms with Crippen molar-refractivity contribution in [1.82, 2.24) is 9.97 Å². The molecule has 108 valence electrons. The Hall–Kier alpha value is -1.96. The lowest BCUT2D eigenvalue weighted by Crippen LogP contribution is -2.15. The summed E-state index contributed by atoms with van der Waals surface area (Å²) in [6.07, 6.45) is 1.09. The first-order valence-corrected chi connectivity index (χ1v) is 6.45. The van der Waals surface area contributed by atoms with Crippen LogP contribution in [0.25, 0.3) is 0 Å². The van der Waals surface area contributed by atoms with Gasteiger partial charge in [-0.3, -0.25) is 14.9 Å². The number of halogens is 3. The van der Waals surface area contributed by atoms with Crippen molar-refractivity contribution < 1.29 is 9.72 Å². The molecular formula is C11H5Cl3N4O3. The van der Waals surface area contributed by atoms with E-state index in [1.165, 1.54) is 18.2 Å². The van der Waals surface area contributed by atoms with Gasteiger partial charge >= 0.3 is 5.69 Å². The Morgan fingerprint density at radius 1 is 1.24 bits per heavy atom. The van der Waals surface area contributed by atoms with Gasteiger partial charge < -0.3 is 5.32 Å². The lowest BCUT2D eigenvalue weighted by Gasteiger charge is -2.07. The van der Waals surface area contributed by atoms with E-state index in [-0.39, 0.29) is 26.6 Å². The van der Waals surface area contributed by atoms with Crippen LogP contribution in [0.2, 0.25) is 15.2 Å². The van der Waals surface area contributed by atoms with Crippen LogP contribution in [0.3, 0.4) is 0 Å². The van der Waals surface area contributed by atoms with Crippen LogP contribution < -0.4 is 5.32 Å². The number of hydrogen-bond donors (Lipinski definition) is 1.